The van der Waals surface area contributed by atoms with Gasteiger partial charge in [-0.15, -0.1) is 0 Å². The van der Waals surface area contributed by atoms with E-state index in [1.807, 2.05) is 0 Å². The number of hydrogen-bond acceptors (Lipinski definition) is 4. The second-order valence-electron chi connectivity index (χ2n) is 7.57. The summed E-state index contributed by atoms with van der Waals surface area (Å²) in [4.78, 5) is 0. The Hall–Kier alpha value is -0.160. The molecule has 4 nitrogen and oxygen atoms in total. The molecule has 0 aromatic carbocycles. The molecule has 122 valence electrons. The maximum Gasteiger partial charge on any atom is 0.0800 e. The van der Waals surface area contributed by atoms with E-state index in [-0.39, 0.29) is 11.2 Å². The molecule has 0 spiro atoms. The second-order valence-corrected chi connectivity index (χ2v) is 7.57. The summed E-state index contributed by atoms with van der Waals surface area (Å²) in [6.45, 7) is 2.21. The van der Waals surface area contributed by atoms with Crippen LogP contribution in [0.5, 0.6) is 0 Å². The van der Waals surface area contributed by atoms with Crippen molar-refractivity contribution in [3.05, 3.63) is 0 Å². The molecular weight excluding hydrogens is 264 g/mol. The molecule has 4 heteroatoms. The summed E-state index contributed by atoms with van der Waals surface area (Å²) in [6, 6.07) is 0.833. The highest BCUT2D eigenvalue weighted by Crippen LogP contribution is 2.36. The smallest absolute Gasteiger partial charge is 0.0800 e. The predicted molar refractivity (Wildman–Crippen MR) is 84.3 cm³/mol. The third kappa shape index (κ3) is 3.44. The van der Waals surface area contributed by atoms with Gasteiger partial charge in [0, 0.05) is 12.1 Å². The van der Waals surface area contributed by atoms with Crippen LogP contribution < -0.4 is 10.6 Å². The molecule has 2 saturated heterocycles. The maximum absolute atomic E-state index is 10.1. The zero-order valence-electron chi connectivity index (χ0n) is 13.2. The van der Waals surface area contributed by atoms with E-state index in [1.165, 1.54) is 44.9 Å². The number of nitrogens with one attached hydrogen (secondary N) is 2. The molecule has 2 aliphatic carbocycles. The van der Waals surface area contributed by atoms with E-state index < -0.39 is 0 Å². The summed E-state index contributed by atoms with van der Waals surface area (Å²) < 4.78 is 0. The lowest BCUT2D eigenvalue weighted by Gasteiger charge is -2.39. The highest BCUT2D eigenvalue weighted by Gasteiger charge is 2.42. The van der Waals surface area contributed by atoms with Crippen LogP contribution in [0.1, 0.15) is 70.6 Å². The highest BCUT2D eigenvalue weighted by molar-refractivity contribution is 4.99. The molecule has 2 saturated carbocycles. The fourth-order valence-electron chi connectivity index (χ4n) is 4.56. The van der Waals surface area contributed by atoms with Gasteiger partial charge in [0.25, 0.3) is 0 Å². The minimum absolute atomic E-state index is 0.321. The lowest BCUT2D eigenvalue weighted by molar-refractivity contribution is -0.0147. The van der Waals surface area contributed by atoms with Crippen molar-refractivity contribution in [1.29, 1.82) is 0 Å². The zero-order chi connectivity index (χ0) is 14.8. The van der Waals surface area contributed by atoms with Crippen molar-refractivity contribution in [2.24, 2.45) is 0 Å². The van der Waals surface area contributed by atoms with Gasteiger partial charge >= 0.3 is 0 Å². The monoisotopic (exact) mass is 296 g/mol. The summed E-state index contributed by atoms with van der Waals surface area (Å²) >= 11 is 0. The molecule has 0 aromatic rings. The van der Waals surface area contributed by atoms with Crippen molar-refractivity contribution in [3.8, 4) is 0 Å². The molecule has 4 N–H and O–H groups in total. The van der Waals surface area contributed by atoms with Crippen LogP contribution >= 0.6 is 0 Å². The number of hydrogen-bond donors (Lipinski definition) is 4. The van der Waals surface area contributed by atoms with E-state index >= 15 is 0 Å². The minimum atomic E-state index is -0.337. The molecule has 0 radical (unpaired) electrons. The first kappa shape index (κ1) is 15.7. The van der Waals surface area contributed by atoms with Crippen LogP contribution in [0.25, 0.3) is 0 Å². The minimum Gasteiger partial charge on any atom is -0.388 e. The van der Waals surface area contributed by atoms with Gasteiger partial charge in [-0.3, -0.25) is 0 Å². The topological polar surface area (TPSA) is 64.5 Å². The van der Waals surface area contributed by atoms with Crippen LogP contribution in [0.4, 0.5) is 0 Å². The third-order valence-corrected chi connectivity index (χ3v) is 6.12. The average molecular weight is 296 g/mol. The summed E-state index contributed by atoms with van der Waals surface area (Å²) in [7, 11) is 0. The number of aliphatic hydroxyl groups is 2. The normalized spacial score (nSPS) is 36.9. The SMILES string of the molecule is OC1(C2CCCN2)CCCC1.OC1(C2CCN2)CCCC1. The van der Waals surface area contributed by atoms with Crippen LogP contribution in [0.3, 0.4) is 0 Å². The second kappa shape index (κ2) is 6.53. The summed E-state index contributed by atoms with van der Waals surface area (Å²) in [6.07, 6.45) is 12.5. The van der Waals surface area contributed by atoms with E-state index in [1.54, 1.807) is 0 Å². The van der Waals surface area contributed by atoms with Gasteiger partial charge in [-0.25, -0.2) is 0 Å². The van der Waals surface area contributed by atoms with E-state index in [0.29, 0.717) is 12.1 Å². The van der Waals surface area contributed by atoms with Gasteiger partial charge in [-0.2, -0.15) is 0 Å². The van der Waals surface area contributed by atoms with Crippen LogP contribution in [0.2, 0.25) is 0 Å². The van der Waals surface area contributed by atoms with E-state index in [2.05, 4.69) is 10.6 Å². The van der Waals surface area contributed by atoms with Crippen molar-refractivity contribution in [2.45, 2.75) is 93.9 Å². The van der Waals surface area contributed by atoms with Crippen LogP contribution in [-0.4, -0.2) is 46.6 Å². The summed E-state index contributed by atoms with van der Waals surface area (Å²) in [5.74, 6) is 0. The van der Waals surface area contributed by atoms with Gasteiger partial charge in [-0.1, -0.05) is 25.7 Å². The predicted octanol–water partition coefficient (Wildman–Crippen LogP) is 1.70. The first-order chi connectivity index (χ1) is 10.1. The lowest BCUT2D eigenvalue weighted by Crippen LogP contribution is -2.57. The average Bonchev–Trinajstić information content (AvgIpc) is 3.08. The molecule has 4 fully saturated rings. The molecule has 2 atom stereocenters. The van der Waals surface area contributed by atoms with E-state index in [4.69, 9.17) is 0 Å². The summed E-state index contributed by atoms with van der Waals surface area (Å²) in [5, 5.41) is 26.7. The van der Waals surface area contributed by atoms with Gasteiger partial charge in [-0.05, 0) is 58.0 Å². The van der Waals surface area contributed by atoms with Gasteiger partial charge in [0.2, 0.25) is 0 Å². The van der Waals surface area contributed by atoms with Crippen LogP contribution in [0, 0.1) is 0 Å². The van der Waals surface area contributed by atoms with Crippen molar-refractivity contribution in [1.82, 2.24) is 10.6 Å². The van der Waals surface area contributed by atoms with Gasteiger partial charge in [0.15, 0.2) is 0 Å². The van der Waals surface area contributed by atoms with Crippen molar-refractivity contribution < 1.29 is 10.2 Å². The molecule has 2 aliphatic heterocycles. The van der Waals surface area contributed by atoms with Crippen LogP contribution in [-0.2, 0) is 0 Å². The Morgan fingerprint density at radius 3 is 1.43 bits per heavy atom. The molecule has 4 aliphatic rings. The molecular formula is C17H32N2O2. The quantitative estimate of drug-likeness (QED) is 0.626. The molecule has 21 heavy (non-hydrogen) atoms. The molecule has 4 rings (SSSR count). The third-order valence-electron chi connectivity index (χ3n) is 6.12. The van der Waals surface area contributed by atoms with E-state index in [0.717, 1.165) is 38.8 Å². The summed E-state index contributed by atoms with van der Waals surface area (Å²) in [5.41, 5.74) is -0.658. The Labute approximate surface area is 128 Å². The fourth-order valence-corrected chi connectivity index (χ4v) is 4.56. The lowest BCUT2D eigenvalue weighted by atomic mass is 9.86. The Bertz CT molecular complexity index is 326. The first-order valence-electron chi connectivity index (χ1n) is 9.04. The Balaban J connectivity index is 0.000000126. The maximum atomic E-state index is 10.1. The molecule has 0 bridgehead atoms. The van der Waals surface area contributed by atoms with Crippen molar-refractivity contribution in [2.75, 3.05) is 13.1 Å². The largest absolute Gasteiger partial charge is 0.388 e. The highest BCUT2D eigenvalue weighted by atomic mass is 16.3. The molecule has 2 unspecified atom stereocenters. The van der Waals surface area contributed by atoms with Crippen LogP contribution in [0.15, 0.2) is 0 Å². The Morgan fingerprint density at radius 2 is 1.10 bits per heavy atom. The van der Waals surface area contributed by atoms with Crippen molar-refractivity contribution >= 4 is 0 Å². The molecule has 0 amide bonds. The Morgan fingerprint density at radius 1 is 0.619 bits per heavy atom. The van der Waals surface area contributed by atoms with E-state index in [9.17, 15) is 10.2 Å². The first-order valence-corrected chi connectivity index (χ1v) is 9.04. The van der Waals surface area contributed by atoms with Gasteiger partial charge in [0.05, 0.1) is 11.2 Å². The van der Waals surface area contributed by atoms with Gasteiger partial charge < -0.3 is 20.8 Å². The van der Waals surface area contributed by atoms with Crippen molar-refractivity contribution in [3.63, 3.8) is 0 Å². The zero-order valence-corrected chi connectivity index (χ0v) is 13.2. The standard InChI is InChI=1S/C9H17NO.C8H15NO/c11-9(5-1-2-6-9)8-4-3-7-10-8;10-8(4-1-2-5-8)7-3-6-9-7/h8,10-11H,1-7H2;7,9-10H,1-6H2. The fraction of sp³-hybridized carbons (Fsp3) is 1.00. The number of rotatable bonds is 2. The van der Waals surface area contributed by atoms with Gasteiger partial charge in [0.1, 0.15) is 0 Å². The Kier molecular flexibility index (Phi) is 4.89. The molecule has 2 heterocycles. The molecule has 0 aromatic heterocycles.